The fraction of sp³-hybridized carbons (Fsp3) is 0.500. The molecule has 206 valence electrons. The molecule has 0 saturated carbocycles. The number of carbonyl (C=O) groups excluding carboxylic acids is 3. The van der Waals surface area contributed by atoms with Crippen LogP contribution in [0.2, 0.25) is 0 Å². The molecule has 38 heavy (non-hydrogen) atoms. The quantitative estimate of drug-likeness (QED) is 0.509. The van der Waals surface area contributed by atoms with Gasteiger partial charge in [-0.1, -0.05) is 6.92 Å². The van der Waals surface area contributed by atoms with Crippen molar-refractivity contribution in [1.29, 1.82) is 0 Å². The Morgan fingerprint density at radius 2 is 1.68 bits per heavy atom. The van der Waals surface area contributed by atoms with Crippen molar-refractivity contribution in [3.05, 3.63) is 45.8 Å². The first kappa shape index (κ1) is 28.1. The van der Waals surface area contributed by atoms with E-state index in [1.807, 2.05) is 0 Å². The number of sulfonamides is 1. The smallest absolute Gasteiger partial charge is 0.409 e. The lowest BCUT2D eigenvalue weighted by Crippen LogP contribution is -2.50. The Balaban J connectivity index is 1.47. The molecule has 0 spiro atoms. The molecule has 1 fully saturated rings. The Kier molecular flexibility index (Phi) is 8.74. The van der Waals surface area contributed by atoms with Gasteiger partial charge in [-0.2, -0.15) is 4.31 Å². The van der Waals surface area contributed by atoms with Gasteiger partial charge in [0.25, 0.3) is 5.91 Å². The van der Waals surface area contributed by atoms with Gasteiger partial charge < -0.3 is 19.7 Å². The topological polar surface area (TPSA) is 122 Å². The number of nitrogens with one attached hydrogen (secondary N) is 1. The minimum atomic E-state index is -3.79. The molecule has 2 aliphatic rings. The lowest BCUT2D eigenvalue weighted by Gasteiger charge is -2.33. The highest BCUT2D eigenvalue weighted by atomic mass is 32.2. The maximum atomic E-state index is 13.1. The summed E-state index contributed by atoms with van der Waals surface area (Å²) in [5.74, 6) is -0.379. The van der Waals surface area contributed by atoms with Gasteiger partial charge in [-0.3, -0.25) is 4.79 Å². The minimum absolute atomic E-state index is 0.0615. The van der Waals surface area contributed by atoms with Crippen molar-refractivity contribution in [3.63, 3.8) is 0 Å². The highest BCUT2D eigenvalue weighted by Crippen LogP contribution is 2.40. The number of carbonyl (C=O) groups is 3. The molecule has 1 aromatic heterocycles. The molecule has 1 aliphatic heterocycles. The summed E-state index contributed by atoms with van der Waals surface area (Å²) in [4.78, 5) is 40.3. The molecule has 2 heterocycles. The van der Waals surface area contributed by atoms with Gasteiger partial charge >= 0.3 is 12.1 Å². The van der Waals surface area contributed by atoms with Crippen LogP contribution < -0.4 is 5.32 Å². The number of nitrogens with zero attached hydrogens (tertiary/aromatic N) is 2. The van der Waals surface area contributed by atoms with Gasteiger partial charge in [0.05, 0.1) is 23.7 Å². The fourth-order valence-corrected chi connectivity index (χ4v) is 7.50. The predicted octanol–water partition coefficient (Wildman–Crippen LogP) is 3.76. The summed E-state index contributed by atoms with van der Waals surface area (Å²) in [7, 11) is -3.79. The summed E-state index contributed by atoms with van der Waals surface area (Å²) in [6.45, 7) is 6.92. The van der Waals surface area contributed by atoms with E-state index in [1.54, 1.807) is 13.8 Å². The van der Waals surface area contributed by atoms with Crippen LogP contribution in [-0.4, -0.2) is 75.0 Å². The van der Waals surface area contributed by atoms with Gasteiger partial charge in [-0.25, -0.2) is 18.0 Å². The third kappa shape index (κ3) is 5.87. The summed E-state index contributed by atoms with van der Waals surface area (Å²) in [6.07, 6.45) is 2.13. The highest BCUT2D eigenvalue weighted by molar-refractivity contribution is 7.89. The molecule has 1 aromatic carbocycles. The van der Waals surface area contributed by atoms with Crippen molar-refractivity contribution in [3.8, 4) is 0 Å². The number of hydrogen-bond acceptors (Lipinski definition) is 8. The van der Waals surface area contributed by atoms with Crippen LogP contribution in [0.4, 0.5) is 9.80 Å². The first-order valence-corrected chi connectivity index (χ1v) is 15.1. The number of esters is 1. The monoisotopic (exact) mass is 563 g/mol. The van der Waals surface area contributed by atoms with Gasteiger partial charge in [0.15, 0.2) is 0 Å². The highest BCUT2D eigenvalue weighted by Gasteiger charge is 2.32. The van der Waals surface area contributed by atoms with Crippen molar-refractivity contribution >= 4 is 44.3 Å². The van der Waals surface area contributed by atoms with Crippen LogP contribution in [0.1, 0.15) is 58.3 Å². The molecule has 2 aromatic rings. The van der Waals surface area contributed by atoms with E-state index in [9.17, 15) is 22.8 Å². The molecule has 1 atom stereocenters. The van der Waals surface area contributed by atoms with Crippen LogP contribution in [0.3, 0.4) is 0 Å². The fourth-order valence-electron chi connectivity index (χ4n) is 4.69. The molecule has 0 bridgehead atoms. The number of fused-ring (bicyclic) bond motifs is 1. The number of thiophene rings is 1. The van der Waals surface area contributed by atoms with Crippen molar-refractivity contribution in [2.45, 2.75) is 44.9 Å². The number of rotatable bonds is 7. The van der Waals surface area contributed by atoms with E-state index >= 15 is 0 Å². The Hall–Kier alpha value is -2.96. The molecule has 0 unspecified atom stereocenters. The summed E-state index contributed by atoms with van der Waals surface area (Å²) in [5.41, 5.74) is 1.64. The zero-order valence-electron chi connectivity index (χ0n) is 21.8. The van der Waals surface area contributed by atoms with Gasteiger partial charge in [0, 0.05) is 36.6 Å². The van der Waals surface area contributed by atoms with Crippen molar-refractivity contribution < 1.29 is 32.3 Å². The lowest BCUT2D eigenvalue weighted by atomic mass is 9.88. The van der Waals surface area contributed by atoms with Gasteiger partial charge in [-0.05, 0) is 68.9 Å². The number of benzene rings is 1. The van der Waals surface area contributed by atoms with E-state index in [-0.39, 0.29) is 49.9 Å². The van der Waals surface area contributed by atoms with E-state index in [4.69, 9.17) is 9.47 Å². The summed E-state index contributed by atoms with van der Waals surface area (Å²) in [5, 5.41) is 3.32. The minimum Gasteiger partial charge on any atom is -0.462 e. The molecule has 1 aliphatic carbocycles. The second-order valence-electron chi connectivity index (χ2n) is 9.34. The third-order valence-electron chi connectivity index (χ3n) is 6.74. The second kappa shape index (κ2) is 11.8. The van der Waals surface area contributed by atoms with Crippen LogP contribution in [0.25, 0.3) is 0 Å². The zero-order chi connectivity index (χ0) is 27.4. The maximum absolute atomic E-state index is 13.1. The molecule has 12 heteroatoms. The van der Waals surface area contributed by atoms with E-state index < -0.39 is 28.0 Å². The molecule has 2 amide bonds. The average Bonchev–Trinajstić information content (AvgIpc) is 3.25. The standard InChI is InChI=1S/C26H33N3O7S2/c1-4-35-25(31)22-20-11-6-17(3)16-21(20)37-24(22)27-23(30)18-7-9-19(10-8-18)38(33,34)29-14-12-28(13-15-29)26(32)36-5-2/h7-10,17H,4-6,11-16H2,1-3H3,(H,27,30)/t17-/m0/s1. The second-order valence-corrected chi connectivity index (χ2v) is 12.4. The molecule has 1 saturated heterocycles. The SMILES string of the molecule is CCOC(=O)c1c(NC(=O)c2ccc(S(=O)(=O)N3CCN(C(=O)OCC)CC3)cc2)sc2c1CC[C@H](C)C2. The summed E-state index contributed by atoms with van der Waals surface area (Å²) in [6, 6.07) is 5.71. The maximum Gasteiger partial charge on any atom is 0.409 e. The number of ether oxygens (including phenoxy) is 2. The van der Waals surface area contributed by atoms with Crippen LogP contribution in [0.5, 0.6) is 0 Å². The summed E-state index contributed by atoms with van der Waals surface area (Å²) >= 11 is 1.40. The Morgan fingerprint density at radius 3 is 2.32 bits per heavy atom. The van der Waals surface area contributed by atoms with Crippen molar-refractivity contribution in [2.24, 2.45) is 5.92 Å². The molecular formula is C26H33N3O7S2. The zero-order valence-corrected chi connectivity index (χ0v) is 23.5. The number of anilines is 1. The average molecular weight is 564 g/mol. The first-order chi connectivity index (χ1) is 18.1. The lowest BCUT2D eigenvalue weighted by molar-refractivity contribution is 0.0526. The predicted molar refractivity (Wildman–Crippen MR) is 143 cm³/mol. The van der Waals surface area contributed by atoms with Gasteiger partial charge in [0.1, 0.15) is 5.00 Å². The molecule has 0 radical (unpaired) electrons. The van der Waals surface area contributed by atoms with Crippen molar-refractivity contribution in [2.75, 3.05) is 44.7 Å². The van der Waals surface area contributed by atoms with Crippen LogP contribution in [-0.2, 0) is 32.3 Å². The van der Waals surface area contributed by atoms with Crippen LogP contribution in [0, 0.1) is 5.92 Å². The van der Waals surface area contributed by atoms with E-state index in [1.165, 1.54) is 44.8 Å². The van der Waals surface area contributed by atoms with E-state index in [0.29, 0.717) is 16.5 Å². The Morgan fingerprint density at radius 1 is 1.03 bits per heavy atom. The van der Waals surface area contributed by atoms with Gasteiger partial charge in [-0.15, -0.1) is 11.3 Å². The molecular weight excluding hydrogens is 530 g/mol. The number of piperazine rings is 1. The largest absolute Gasteiger partial charge is 0.462 e. The molecule has 4 rings (SSSR count). The van der Waals surface area contributed by atoms with E-state index in [2.05, 4.69) is 12.2 Å². The summed E-state index contributed by atoms with van der Waals surface area (Å²) < 4.78 is 37.8. The number of amides is 2. The van der Waals surface area contributed by atoms with Crippen LogP contribution in [0.15, 0.2) is 29.2 Å². The van der Waals surface area contributed by atoms with E-state index in [0.717, 1.165) is 29.7 Å². The third-order valence-corrected chi connectivity index (χ3v) is 9.82. The Bertz CT molecular complexity index is 1300. The first-order valence-electron chi connectivity index (χ1n) is 12.8. The molecule has 1 N–H and O–H groups in total. The Labute approximate surface area is 226 Å². The molecule has 10 nitrogen and oxygen atoms in total. The van der Waals surface area contributed by atoms with Crippen molar-refractivity contribution in [1.82, 2.24) is 9.21 Å². The number of hydrogen-bond donors (Lipinski definition) is 1. The van der Waals surface area contributed by atoms with Gasteiger partial charge in [0.2, 0.25) is 10.0 Å². The normalized spacial score (nSPS) is 18.0. The van der Waals surface area contributed by atoms with Crippen LogP contribution >= 0.6 is 11.3 Å².